The number of anilines is 2. The largest absolute Gasteiger partial charge is 0.769 e. The molecule has 0 bridgehead atoms. The number of rotatable bonds is 2. The Bertz CT molecular complexity index is 305. The molecule has 13 heavy (non-hydrogen) atoms. The second kappa shape index (κ2) is 3.77. The first-order chi connectivity index (χ1) is 6.02. The monoisotopic (exact) mass is 204 g/mol. The predicted octanol–water partition coefficient (Wildman–Crippen LogP) is 1.73. The van der Waals surface area contributed by atoms with Gasteiger partial charge in [0, 0.05) is 5.69 Å². The topological polar surface area (TPSA) is 93.1 Å². The van der Waals surface area contributed by atoms with Crippen LogP contribution in [0.4, 0.5) is 11.4 Å². The molecule has 0 aliphatic heterocycles. The van der Waals surface area contributed by atoms with Gasteiger partial charge >= 0.3 is 0 Å². The lowest BCUT2D eigenvalue weighted by Crippen LogP contribution is -2.12. The average molecular weight is 205 g/mol. The Kier molecular flexibility index (Phi) is 2.91. The van der Waals surface area contributed by atoms with Crippen LogP contribution < -0.4 is 10.5 Å². The van der Waals surface area contributed by atoms with Crippen molar-refractivity contribution in [3.05, 3.63) is 33.6 Å². The molecule has 0 atom stereocenters. The standard InChI is InChI=1S/C6H5ClN2O4/c7-5-2-1-4(8(10)11)3-6(5)9(12)13/h1-3,12-13H/q-2. The van der Waals surface area contributed by atoms with Crippen molar-refractivity contribution in [3.8, 4) is 0 Å². The van der Waals surface area contributed by atoms with Gasteiger partial charge in [0.25, 0.3) is 0 Å². The van der Waals surface area contributed by atoms with E-state index in [1.165, 1.54) is 6.07 Å². The minimum absolute atomic E-state index is 0.00981. The highest BCUT2D eigenvalue weighted by atomic mass is 35.5. The summed E-state index contributed by atoms with van der Waals surface area (Å²) in [5.41, 5.74) is -0.511. The molecule has 0 aliphatic carbocycles. The van der Waals surface area contributed by atoms with E-state index in [4.69, 9.17) is 22.0 Å². The highest BCUT2D eigenvalue weighted by molar-refractivity contribution is 6.33. The van der Waals surface area contributed by atoms with E-state index in [0.29, 0.717) is 0 Å². The Morgan fingerprint density at radius 3 is 2.31 bits per heavy atom. The van der Waals surface area contributed by atoms with Gasteiger partial charge in [-0.05, 0) is 18.2 Å². The number of benzene rings is 1. The number of nitrogens with zero attached hydrogens (tertiary/aromatic N) is 2. The first-order valence-electron chi connectivity index (χ1n) is 3.14. The van der Waals surface area contributed by atoms with Gasteiger partial charge in [0.15, 0.2) is 0 Å². The lowest BCUT2D eigenvalue weighted by molar-refractivity contribution is 0.0292. The van der Waals surface area contributed by atoms with Gasteiger partial charge in [-0.15, -0.1) is 5.23 Å². The Labute approximate surface area is 78.2 Å². The zero-order valence-corrected chi connectivity index (χ0v) is 6.97. The summed E-state index contributed by atoms with van der Waals surface area (Å²) in [4.78, 5) is 0. The van der Waals surface area contributed by atoms with Crippen LogP contribution in [0, 0.1) is 10.4 Å². The fraction of sp³-hybridized carbons (Fsp3) is 0. The number of hydrogen-bond acceptors (Lipinski definition) is 6. The van der Waals surface area contributed by atoms with E-state index < -0.39 is 5.23 Å². The molecule has 0 heterocycles. The number of halogens is 1. The molecule has 1 rings (SSSR count). The van der Waals surface area contributed by atoms with E-state index in [-0.39, 0.29) is 21.6 Å². The van der Waals surface area contributed by atoms with Crippen LogP contribution in [0.5, 0.6) is 0 Å². The van der Waals surface area contributed by atoms with Crippen molar-refractivity contribution >= 4 is 23.0 Å². The SMILES string of the molecule is [O-]N([O-])c1ccc(Cl)c(N(O)O)c1. The van der Waals surface area contributed by atoms with Crippen LogP contribution in [0.3, 0.4) is 0 Å². The van der Waals surface area contributed by atoms with Crippen molar-refractivity contribution in [2.45, 2.75) is 0 Å². The van der Waals surface area contributed by atoms with Crippen LogP contribution >= 0.6 is 11.6 Å². The summed E-state index contributed by atoms with van der Waals surface area (Å²) in [5, 5.41) is 36.8. The average Bonchev–Trinajstić information content (AvgIpc) is 2.04. The van der Waals surface area contributed by atoms with Gasteiger partial charge in [-0.1, -0.05) is 11.6 Å². The maximum Gasteiger partial charge on any atom is 0.115 e. The fourth-order valence-corrected chi connectivity index (χ4v) is 0.961. The molecule has 0 aromatic heterocycles. The molecule has 0 amide bonds. The van der Waals surface area contributed by atoms with Crippen LogP contribution in [-0.2, 0) is 0 Å². The number of hydrogen-bond donors (Lipinski definition) is 2. The van der Waals surface area contributed by atoms with E-state index >= 15 is 0 Å². The van der Waals surface area contributed by atoms with Gasteiger partial charge in [0.2, 0.25) is 0 Å². The van der Waals surface area contributed by atoms with Crippen LogP contribution in [0.1, 0.15) is 0 Å². The van der Waals surface area contributed by atoms with E-state index in [1.54, 1.807) is 0 Å². The van der Waals surface area contributed by atoms with Gasteiger partial charge in [-0.25, -0.2) is 0 Å². The van der Waals surface area contributed by atoms with Gasteiger partial charge in [0.1, 0.15) is 5.69 Å². The van der Waals surface area contributed by atoms with Crippen molar-refractivity contribution in [1.82, 2.24) is 0 Å². The minimum atomic E-state index is -0.663. The van der Waals surface area contributed by atoms with Gasteiger partial charge < -0.3 is 15.6 Å². The summed E-state index contributed by atoms with van der Waals surface area (Å²) in [6, 6.07) is 3.31. The molecule has 2 N–H and O–H groups in total. The Hall–Kier alpha value is -1.05. The first-order valence-corrected chi connectivity index (χ1v) is 3.52. The molecular weight excluding hydrogens is 200 g/mol. The third-order valence-electron chi connectivity index (χ3n) is 1.36. The molecule has 72 valence electrons. The Morgan fingerprint density at radius 1 is 1.23 bits per heavy atom. The molecule has 0 spiro atoms. The molecule has 6 nitrogen and oxygen atoms in total. The molecule has 0 saturated heterocycles. The molecule has 1 aromatic rings. The third-order valence-corrected chi connectivity index (χ3v) is 1.68. The highest BCUT2D eigenvalue weighted by Gasteiger charge is 2.05. The molecule has 0 fully saturated rings. The van der Waals surface area contributed by atoms with Crippen molar-refractivity contribution in [1.29, 1.82) is 0 Å². The van der Waals surface area contributed by atoms with Crippen LogP contribution in [0.25, 0.3) is 0 Å². The predicted molar refractivity (Wildman–Crippen MR) is 46.7 cm³/mol. The third kappa shape index (κ3) is 2.20. The highest BCUT2D eigenvalue weighted by Crippen LogP contribution is 2.28. The zero-order valence-electron chi connectivity index (χ0n) is 6.22. The Morgan fingerprint density at radius 2 is 1.85 bits per heavy atom. The molecule has 7 heteroatoms. The normalized spacial score (nSPS) is 9.92. The lowest BCUT2D eigenvalue weighted by atomic mass is 10.3. The molecule has 0 saturated carbocycles. The van der Waals surface area contributed by atoms with Crippen molar-refractivity contribution < 1.29 is 10.4 Å². The lowest BCUT2D eigenvalue weighted by Gasteiger charge is -2.37. The fourth-order valence-electron chi connectivity index (χ4n) is 0.768. The van der Waals surface area contributed by atoms with E-state index in [9.17, 15) is 10.4 Å². The first kappa shape index (κ1) is 10.0. The second-order valence-corrected chi connectivity index (χ2v) is 2.59. The van der Waals surface area contributed by atoms with E-state index in [0.717, 1.165) is 12.1 Å². The van der Waals surface area contributed by atoms with Crippen LogP contribution in [-0.4, -0.2) is 10.4 Å². The van der Waals surface area contributed by atoms with Gasteiger partial charge in [-0.3, -0.25) is 10.4 Å². The van der Waals surface area contributed by atoms with Gasteiger partial charge in [-0.2, -0.15) is 0 Å². The molecule has 1 aromatic carbocycles. The maximum atomic E-state index is 10.3. The van der Waals surface area contributed by atoms with E-state index in [2.05, 4.69) is 0 Å². The minimum Gasteiger partial charge on any atom is -0.769 e. The summed E-state index contributed by atoms with van der Waals surface area (Å²) < 4.78 is 0. The zero-order chi connectivity index (χ0) is 10.0. The van der Waals surface area contributed by atoms with Gasteiger partial charge in [0.05, 0.1) is 5.02 Å². The molecule has 0 aliphatic rings. The molecule has 0 unspecified atom stereocenters. The smallest absolute Gasteiger partial charge is 0.115 e. The van der Waals surface area contributed by atoms with Crippen molar-refractivity contribution in [2.75, 3.05) is 10.5 Å². The molecular formula is C6H5ClN2O4-2. The maximum absolute atomic E-state index is 10.3. The summed E-state index contributed by atoms with van der Waals surface area (Å²) in [6.45, 7) is 0. The Balaban J connectivity index is 3.11. The van der Waals surface area contributed by atoms with Crippen LogP contribution in [0.15, 0.2) is 18.2 Å². The van der Waals surface area contributed by atoms with Crippen molar-refractivity contribution in [3.63, 3.8) is 0 Å². The summed E-state index contributed by atoms with van der Waals surface area (Å²) in [7, 11) is 0. The van der Waals surface area contributed by atoms with E-state index in [1.807, 2.05) is 0 Å². The quantitative estimate of drug-likeness (QED) is 0.713. The molecule has 0 radical (unpaired) electrons. The summed E-state index contributed by atoms with van der Waals surface area (Å²) in [5.74, 6) is 0. The van der Waals surface area contributed by atoms with Crippen molar-refractivity contribution in [2.24, 2.45) is 0 Å². The summed E-state index contributed by atoms with van der Waals surface area (Å²) in [6.07, 6.45) is 0. The summed E-state index contributed by atoms with van der Waals surface area (Å²) >= 11 is 5.51. The van der Waals surface area contributed by atoms with Crippen LogP contribution in [0.2, 0.25) is 5.02 Å². The second-order valence-electron chi connectivity index (χ2n) is 2.18.